The van der Waals surface area contributed by atoms with Gasteiger partial charge in [-0.2, -0.15) is 0 Å². The van der Waals surface area contributed by atoms with Crippen molar-refractivity contribution in [1.29, 1.82) is 0 Å². The van der Waals surface area contributed by atoms with Crippen molar-refractivity contribution in [2.24, 2.45) is 5.92 Å². The van der Waals surface area contributed by atoms with Gasteiger partial charge in [0.05, 0.1) is 18.6 Å². The van der Waals surface area contributed by atoms with Crippen molar-refractivity contribution >= 4 is 29.4 Å². The monoisotopic (exact) mass is 431 g/mol. The predicted molar refractivity (Wildman–Crippen MR) is 114 cm³/mol. The van der Waals surface area contributed by atoms with Gasteiger partial charge in [-0.05, 0) is 49.9 Å². The number of aryl methyl sites for hydroxylation is 1. The number of hydrogen-bond acceptors (Lipinski definition) is 4. The molecule has 2 N–H and O–H groups in total. The van der Waals surface area contributed by atoms with Gasteiger partial charge in [0.15, 0.2) is 0 Å². The molecule has 0 saturated carbocycles. The molecule has 0 bridgehead atoms. The molecule has 3 rings (SSSR count). The van der Waals surface area contributed by atoms with Gasteiger partial charge in [-0.1, -0.05) is 23.7 Å². The molecule has 1 fully saturated rings. The molecule has 0 spiro atoms. The topological polar surface area (TPSA) is 91.5 Å². The first-order valence-corrected chi connectivity index (χ1v) is 10.3. The van der Waals surface area contributed by atoms with Crippen LogP contribution in [0, 0.1) is 19.8 Å². The Balaban J connectivity index is 1.66. The zero-order valence-corrected chi connectivity index (χ0v) is 18.1. The summed E-state index contributed by atoms with van der Waals surface area (Å²) in [5, 5.41) is 3.56. The van der Waals surface area contributed by atoms with Crippen molar-refractivity contribution < 1.29 is 19.1 Å². The molecule has 7 nitrogen and oxygen atoms in total. The highest BCUT2D eigenvalue weighted by molar-refractivity contribution is 6.30. The Morgan fingerprint density at radius 3 is 2.77 bits per heavy atom. The molecule has 2 heterocycles. The highest BCUT2D eigenvalue weighted by Gasteiger charge is 2.31. The number of carbonyl (C=O) groups is 3. The maximum absolute atomic E-state index is 13.1. The summed E-state index contributed by atoms with van der Waals surface area (Å²) in [5.74, 6) is -1.05. The van der Waals surface area contributed by atoms with E-state index in [1.165, 1.54) is 7.11 Å². The number of carbonyl (C=O) groups excluding carboxylic acids is 3. The van der Waals surface area contributed by atoms with E-state index in [1.807, 2.05) is 18.2 Å². The smallest absolute Gasteiger partial charge is 0.339 e. The van der Waals surface area contributed by atoms with Crippen LogP contribution in [0.3, 0.4) is 0 Å². The number of nitrogens with one attached hydrogen (secondary N) is 2. The Morgan fingerprint density at radius 2 is 2.07 bits per heavy atom. The third kappa shape index (κ3) is 4.67. The van der Waals surface area contributed by atoms with Gasteiger partial charge < -0.3 is 19.9 Å². The number of esters is 1. The summed E-state index contributed by atoms with van der Waals surface area (Å²) in [6.07, 6.45) is 1.46. The summed E-state index contributed by atoms with van der Waals surface area (Å²) in [6, 6.07) is 7.34. The van der Waals surface area contributed by atoms with Gasteiger partial charge in [-0.3, -0.25) is 9.59 Å². The van der Waals surface area contributed by atoms with Crippen molar-refractivity contribution in [2.45, 2.75) is 33.2 Å². The van der Waals surface area contributed by atoms with Gasteiger partial charge >= 0.3 is 5.97 Å². The summed E-state index contributed by atoms with van der Waals surface area (Å²) in [4.78, 5) is 42.4. The van der Waals surface area contributed by atoms with E-state index in [1.54, 1.807) is 24.8 Å². The normalized spacial score (nSPS) is 16.3. The van der Waals surface area contributed by atoms with Gasteiger partial charge in [0.25, 0.3) is 5.91 Å². The molecule has 1 aromatic heterocycles. The standard InChI is InChI=1S/C22H26ClN3O4/c1-13-18(22(29)30-3)14(2)25-19(13)21(28)26-9-5-7-16(12-26)20(27)24-11-15-6-4-8-17(23)10-15/h4,6,8,10,16,25H,5,7,9,11-12H2,1-3H3,(H,24,27)/t16-/m1/s1. The summed E-state index contributed by atoms with van der Waals surface area (Å²) in [5.41, 5.74) is 2.83. The van der Waals surface area contributed by atoms with Crippen LogP contribution in [0.4, 0.5) is 0 Å². The quantitative estimate of drug-likeness (QED) is 0.711. The zero-order chi connectivity index (χ0) is 21.8. The lowest BCUT2D eigenvalue weighted by atomic mass is 9.96. The second-order valence-electron chi connectivity index (χ2n) is 7.55. The van der Waals surface area contributed by atoms with Crippen LogP contribution in [0.15, 0.2) is 24.3 Å². The molecule has 1 aliphatic heterocycles. The minimum atomic E-state index is -0.475. The van der Waals surface area contributed by atoms with E-state index in [0.29, 0.717) is 47.2 Å². The van der Waals surface area contributed by atoms with E-state index in [-0.39, 0.29) is 17.7 Å². The third-order valence-corrected chi connectivity index (χ3v) is 5.71. The zero-order valence-electron chi connectivity index (χ0n) is 17.4. The van der Waals surface area contributed by atoms with Crippen LogP contribution in [0.5, 0.6) is 0 Å². The lowest BCUT2D eigenvalue weighted by molar-refractivity contribution is -0.126. The van der Waals surface area contributed by atoms with Crippen LogP contribution in [0.2, 0.25) is 5.02 Å². The van der Waals surface area contributed by atoms with Gasteiger partial charge in [-0.15, -0.1) is 0 Å². The van der Waals surface area contributed by atoms with E-state index in [2.05, 4.69) is 10.3 Å². The number of rotatable bonds is 5. The number of piperidine rings is 1. The van der Waals surface area contributed by atoms with Crippen LogP contribution >= 0.6 is 11.6 Å². The first kappa shape index (κ1) is 21.9. The first-order valence-electron chi connectivity index (χ1n) is 9.90. The van der Waals surface area contributed by atoms with E-state index >= 15 is 0 Å². The molecule has 1 aliphatic rings. The Bertz CT molecular complexity index is 969. The molecule has 1 saturated heterocycles. The number of H-pyrrole nitrogens is 1. The summed E-state index contributed by atoms with van der Waals surface area (Å²) >= 11 is 5.99. The summed E-state index contributed by atoms with van der Waals surface area (Å²) in [7, 11) is 1.31. The molecule has 8 heteroatoms. The SMILES string of the molecule is COC(=O)c1c(C)[nH]c(C(=O)N2CCC[C@@H](C(=O)NCc3cccc(Cl)c3)C2)c1C. The Morgan fingerprint density at radius 1 is 1.30 bits per heavy atom. The number of hydrogen-bond donors (Lipinski definition) is 2. The Kier molecular flexibility index (Phi) is 6.82. The molecule has 1 aromatic carbocycles. The van der Waals surface area contributed by atoms with Crippen molar-refractivity contribution in [3.8, 4) is 0 Å². The van der Waals surface area contributed by atoms with Gasteiger partial charge in [0.1, 0.15) is 5.69 Å². The lowest BCUT2D eigenvalue weighted by Crippen LogP contribution is -2.45. The van der Waals surface area contributed by atoms with E-state index < -0.39 is 5.97 Å². The number of aromatic amines is 1. The predicted octanol–water partition coefficient (Wildman–Crippen LogP) is 3.24. The minimum absolute atomic E-state index is 0.0814. The molecular formula is C22H26ClN3O4. The van der Waals surface area contributed by atoms with Crippen molar-refractivity contribution in [3.05, 3.63) is 57.4 Å². The second kappa shape index (κ2) is 9.34. The number of aromatic nitrogens is 1. The molecule has 1 atom stereocenters. The third-order valence-electron chi connectivity index (χ3n) is 5.48. The van der Waals surface area contributed by atoms with Gasteiger partial charge in [-0.25, -0.2) is 4.79 Å². The van der Waals surface area contributed by atoms with E-state index in [0.717, 1.165) is 18.4 Å². The van der Waals surface area contributed by atoms with Gasteiger partial charge in [0.2, 0.25) is 5.91 Å². The van der Waals surface area contributed by atoms with Crippen LogP contribution in [0.1, 0.15) is 50.5 Å². The highest BCUT2D eigenvalue weighted by Crippen LogP contribution is 2.24. The van der Waals surface area contributed by atoms with Crippen LogP contribution in [0.25, 0.3) is 0 Å². The molecule has 2 amide bonds. The van der Waals surface area contributed by atoms with E-state index in [9.17, 15) is 14.4 Å². The maximum Gasteiger partial charge on any atom is 0.339 e. The average Bonchev–Trinajstić information content (AvgIpc) is 3.05. The molecule has 0 unspecified atom stereocenters. The Labute approximate surface area is 180 Å². The molecule has 30 heavy (non-hydrogen) atoms. The maximum atomic E-state index is 13.1. The summed E-state index contributed by atoms with van der Waals surface area (Å²) < 4.78 is 4.81. The number of amides is 2. The van der Waals surface area contributed by atoms with Crippen molar-refractivity contribution in [1.82, 2.24) is 15.2 Å². The lowest BCUT2D eigenvalue weighted by Gasteiger charge is -2.32. The summed E-state index contributed by atoms with van der Waals surface area (Å²) in [6.45, 7) is 4.76. The second-order valence-corrected chi connectivity index (χ2v) is 7.99. The number of benzene rings is 1. The fourth-order valence-electron chi connectivity index (χ4n) is 3.89. The van der Waals surface area contributed by atoms with Crippen LogP contribution in [-0.4, -0.2) is 47.9 Å². The molecular weight excluding hydrogens is 406 g/mol. The number of likely N-dealkylation sites (tertiary alicyclic amines) is 1. The number of methoxy groups -OCH3 is 1. The molecule has 2 aromatic rings. The van der Waals surface area contributed by atoms with Crippen molar-refractivity contribution in [2.75, 3.05) is 20.2 Å². The van der Waals surface area contributed by atoms with E-state index in [4.69, 9.17) is 16.3 Å². The number of halogens is 1. The molecule has 0 radical (unpaired) electrons. The largest absolute Gasteiger partial charge is 0.465 e. The van der Waals surface area contributed by atoms with Gasteiger partial charge in [0, 0.05) is 30.4 Å². The highest BCUT2D eigenvalue weighted by atomic mass is 35.5. The van der Waals surface area contributed by atoms with Crippen LogP contribution in [-0.2, 0) is 16.1 Å². The molecule has 160 valence electrons. The average molecular weight is 432 g/mol. The minimum Gasteiger partial charge on any atom is -0.465 e. The first-order chi connectivity index (χ1) is 14.3. The molecule has 0 aliphatic carbocycles. The number of nitrogens with zero attached hydrogens (tertiary/aromatic N) is 1. The fraction of sp³-hybridized carbons (Fsp3) is 0.409. The van der Waals surface area contributed by atoms with Crippen LogP contribution < -0.4 is 5.32 Å². The Hall–Kier alpha value is -2.80. The fourth-order valence-corrected chi connectivity index (χ4v) is 4.10. The van der Waals surface area contributed by atoms with Crippen molar-refractivity contribution in [3.63, 3.8) is 0 Å². The number of ether oxygens (including phenoxy) is 1.